The average Bonchev–Trinajstić information content (AvgIpc) is 2.06. The Balaban J connectivity index is 2.65. The van der Waals surface area contributed by atoms with Gasteiger partial charge in [-0.25, -0.2) is 0 Å². The molecule has 0 spiro atoms. The number of rotatable bonds is 1. The van der Waals surface area contributed by atoms with Crippen LogP contribution in [0.15, 0.2) is 30.3 Å². The Morgan fingerprint density at radius 1 is 1.33 bits per heavy atom. The van der Waals surface area contributed by atoms with Crippen molar-refractivity contribution in [2.45, 2.75) is 0 Å². The summed E-state index contributed by atoms with van der Waals surface area (Å²) in [6, 6.07) is 9.01. The van der Waals surface area contributed by atoms with Crippen molar-refractivity contribution >= 4 is 28.8 Å². The van der Waals surface area contributed by atoms with Crippen LogP contribution in [0, 0.1) is 0 Å². The molecule has 0 atom stereocenters. The molecular weight excluding hydrogens is 172 g/mol. The number of nitrogens with one attached hydrogen (secondary N) is 1. The maximum absolute atomic E-state index is 10.9. The maximum atomic E-state index is 10.9. The molecule has 3 nitrogen and oxygen atoms in total. The van der Waals surface area contributed by atoms with Gasteiger partial charge < -0.3 is 11.1 Å². The van der Waals surface area contributed by atoms with Crippen LogP contribution in [0.25, 0.3) is 0 Å². The van der Waals surface area contributed by atoms with Crippen molar-refractivity contribution in [1.82, 2.24) is 0 Å². The number of amides is 1. The fourth-order valence-electron chi connectivity index (χ4n) is 0.714. The number of hydrogen-bond donors (Lipinski definition) is 2. The number of benzene rings is 1. The van der Waals surface area contributed by atoms with Crippen LogP contribution >= 0.6 is 12.2 Å². The molecule has 0 aliphatic heterocycles. The summed E-state index contributed by atoms with van der Waals surface area (Å²) in [6.07, 6.45) is 0. The monoisotopic (exact) mass is 180 g/mol. The number of carbonyl (C=O) groups is 1. The summed E-state index contributed by atoms with van der Waals surface area (Å²) in [5.74, 6) is -0.434. The lowest BCUT2D eigenvalue weighted by atomic mass is 10.3. The topological polar surface area (TPSA) is 55.1 Å². The van der Waals surface area contributed by atoms with Crippen LogP contribution in [0.5, 0.6) is 0 Å². The first-order valence-electron chi connectivity index (χ1n) is 3.36. The second-order valence-corrected chi connectivity index (χ2v) is 2.62. The first-order chi connectivity index (χ1) is 5.70. The van der Waals surface area contributed by atoms with E-state index in [2.05, 4.69) is 17.5 Å². The standard InChI is InChI=1S/C8H8N2OS/c9-7(12)8(11)10-6-4-2-1-3-5-6/h1-5H,(H2,9,12)(H,10,11). The second-order valence-electron chi connectivity index (χ2n) is 2.18. The highest BCUT2D eigenvalue weighted by atomic mass is 32.1. The van der Waals surface area contributed by atoms with E-state index in [0.29, 0.717) is 5.69 Å². The van der Waals surface area contributed by atoms with Gasteiger partial charge in [-0.15, -0.1) is 0 Å². The van der Waals surface area contributed by atoms with Crippen molar-refractivity contribution in [2.75, 3.05) is 5.32 Å². The normalized spacial score (nSPS) is 9.00. The largest absolute Gasteiger partial charge is 0.385 e. The van der Waals surface area contributed by atoms with Gasteiger partial charge >= 0.3 is 0 Å². The molecule has 62 valence electrons. The fourth-order valence-corrected chi connectivity index (χ4v) is 0.765. The van der Waals surface area contributed by atoms with Crippen molar-refractivity contribution in [3.05, 3.63) is 30.3 Å². The third-order valence-corrected chi connectivity index (χ3v) is 1.44. The molecular formula is C8H8N2OS. The van der Waals surface area contributed by atoms with Crippen LogP contribution in [-0.2, 0) is 4.79 Å². The molecule has 1 rings (SSSR count). The van der Waals surface area contributed by atoms with Crippen LogP contribution in [0.2, 0.25) is 0 Å². The molecule has 1 aromatic carbocycles. The van der Waals surface area contributed by atoms with Gasteiger partial charge in [-0.3, -0.25) is 4.79 Å². The van der Waals surface area contributed by atoms with E-state index in [1.807, 2.05) is 18.2 Å². The van der Waals surface area contributed by atoms with E-state index in [1.54, 1.807) is 12.1 Å². The van der Waals surface area contributed by atoms with E-state index in [-0.39, 0.29) is 4.99 Å². The number of anilines is 1. The molecule has 4 heteroatoms. The summed E-state index contributed by atoms with van der Waals surface area (Å²) in [6.45, 7) is 0. The Bertz CT molecular complexity index is 297. The molecule has 0 saturated heterocycles. The third kappa shape index (κ3) is 2.32. The molecule has 0 unspecified atom stereocenters. The zero-order valence-electron chi connectivity index (χ0n) is 6.28. The lowest BCUT2D eigenvalue weighted by Crippen LogP contribution is -2.27. The Kier molecular flexibility index (Phi) is 2.76. The number of carbonyl (C=O) groups excluding carboxylic acids is 1. The molecule has 12 heavy (non-hydrogen) atoms. The van der Waals surface area contributed by atoms with E-state index in [9.17, 15) is 4.79 Å². The Hall–Kier alpha value is -1.42. The van der Waals surface area contributed by atoms with E-state index >= 15 is 0 Å². The number of hydrogen-bond acceptors (Lipinski definition) is 2. The van der Waals surface area contributed by atoms with Crippen LogP contribution in [0.3, 0.4) is 0 Å². The van der Waals surface area contributed by atoms with Gasteiger partial charge in [0.2, 0.25) is 0 Å². The van der Waals surface area contributed by atoms with Gasteiger partial charge in [-0.1, -0.05) is 30.4 Å². The highest BCUT2D eigenvalue weighted by Crippen LogP contribution is 2.03. The SMILES string of the molecule is NC(=S)C(=O)Nc1ccccc1. The zero-order chi connectivity index (χ0) is 8.97. The van der Waals surface area contributed by atoms with Gasteiger partial charge in [0.15, 0.2) is 4.99 Å². The quantitative estimate of drug-likeness (QED) is 0.632. The van der Waals surface area contributed by atoms with E-state index in [4.69, 9.17) is 5.73 Å². The van der Waals surface area contributed by atoms with Crippen LogP contribution in [0.4, 0.5) is 5.69 Å². The third-order valence-electron chi connectivity index (χ3n) is 1.26. The highest BCUT2D eigenvalue weighted by molar-refractivity contribution is 7.82. The second kappa shape index (κ2) is 3.82. The van der Waals surface area contributed by atoms with Crippen LogP contribution in [0.1, 0.15) is 0 Å². The highest BCUT2D eigenvalue weighted by Gasteiger charge is 2.02. The molecule has 1 aromatic rings. The van der Waals surface area contributed by atoms with Crippen LogP contribution in [-0.4, -0.2) is 10.9 Å². The number of thiocarbonyl (C=S) groups is 1. The Labute approximate surface area is 75.6 Å². The molecule has 0 bridgehead atoms. The molecule has 0 aliphatic carbocycles. The predicted octanol–water partition coefficient (Wildman–Crippen LogP) is 0.911. The van der Waals surface area contributed by atoms with Crippen LogP contribution < -0.4 is 11.1 Å². The molecule has 0 saturated carbocycles. The van der Waals surface area contributed by atoms with Crippen molar-refractivity contribution < 1.29 is 4.79 Å². The fraction of sp³-hybridized carbons (Fsp3) is 0. The van der Waals surface area contributed by atoms with E-state index in [0.717, 1.165) is 0 Å². The zero-order valence-corrected chi connectivity index (χ0v) is 7.10. The van der Waals surface area contributed by atoms with Crippen molar-refractivity contribution in [3.63, 3.8) is 0 Å². The van der Waals surface area contributed by atoms with Crippen molar-refractivity contribution in [1.29, 1.82) is 0 Å². The Morgan fingerprint density at radius 2 is 1.92 bits per heavy atom. The molecule has 1 amide bonds. The van der Waals surface area contributed by atoms with Gasteiger partial charge in [-0.2, -0.15) is 0 Å². The smallest absolute Gasteiger partial charge is 0.282 e. The number of nitrogens with two attached hydrogens (primary N) is 1. The maximum Gasteiger partial charge on any atom is 0.282 e. The first kappa shape index (κ1) is 8.67. The minimum Gasteiger partial charge on any atom is -0.385 e. The molecule has 3 N–H and O–H groups in total. The van der Waals surface area contributed by atoms with Gasteiger partial charge in [0.25, 0.3) is 5.91 Å². The molecule has 0 aromatic heterocycles. The minimum absolute atomic E-state index is 0.154. The number of para-hydroxylation sites is 1. The molecule has 0 aliphatic rings. The molecule has 0 fully saturated rings. The summed E-state index contributed by atoms with van der Waals surface area (Å²) in [7, 11) is 0. The Morgan fingerprint density at radius 3 is 2.42 bits per heavy atom. The lowest BCUT2D eigenvalue weighted by molar-refractivity contribution is -0.110. The average molecular weight is 180 g/mol. The van der Waals surface area contributed by atoms with Crippen molar-refractivity contribution in [3.8, 4) is 0 Å². The summed E-state index contributed by atoms with van der Waals surface area (Å²) in [4.78, 5) is 10.8. The van der Waals surface area contributed by atoms with Crippen molar-refractivity contribution in [2.24, 2.45) is 5.73 Å². The van der Waals surface area contributed by atoms with E-state index in [1.165, 1.54) is 0 Å². The van der Waals surface area contributed by atoms with E-state index < -0.39 is 5.91 Å². The lowest BCUT2D eigenvalue weighted by Gasteiger charge is -2.01. The predicted molar refractivity (Wildman–Crippen MR) is 51.9 cm³/mol. The summed E-state index contributed by atoms with van der Waals surface area (Å²) in [5.41, 5.74) is 5.79. The summed E-state index contributed by atoms with van der Waals surface area (Å²) >= 11 is 4.48. The minimum atomic E-state index is -0.434. The molecule has 0 heterocycles. The first-order valence-corrected chi connectivity index (χ1v) is 3.77. The summed E-state index contributed by atoms with van der Waals surface area (Å²) in [5, 5.41) is 2.54. The molecule has 0 radical (unpaired) electrons. The van der Waals surface area contributed by atoms with Gasteiger partial charge in [-0.05, 0) is 12.1 Å². The van der Waals surface area contributed by atoms with Gasteiger partial charge in [0, 0.05) is 5.69 Å². The van der Waals surface area contributed by atoms with Gasteiger partial charge in [0.1, 0.15) is 0 Å². The summed E-state index contributed by atoms with van der Waals surface area (Å²) < 4.78 is 0. The van der Waals surface area contributed by atoms with Gasteiger partial charge in [0.05, 0.1) is 0 Å².